The standard InChI is InChI=1S/C49H30N4S/c1-3-12-31(13-4-1)46-51-47(32-14-5-2-6-15-32)53-48(52-46)34-23-25-39-38-24-22-33(36-17-11-16-35-30-50-27-26-37(35)36)28-42(38)49(43(39)29-34)40-18-7-9-20-44(40)54-45-21-10-8-19-41(45)49/h1-30H. The zero-order chi connectivity index (χ0) is 35.6. The molecule has 0 bridgehead atoms. The van der Waals surface area contributed by atoms with Crippen molar-refractivity contribution in [2.24, 2.45) is 0 Å². The predicted octanol–water partition coefficient (Wildman–Crippen LogP) is 11.9. The van der Waals surface area contributed by atoms with E-state index in [2.05, 4.69) is 138 Å². The van der Waals surface area contributed by atoms with Crippen molar-refractivity contribution >= 4 is 22.5 Å². The molecule has 1 spiro atoms. The number of benzene rings is 7. The average molecular weight is 707 g/mol. The molecule has 0 atom stereocenters. The van der Waals surface area contributed by atoms with Crippen LogP contribution in [0.1, 0.15) is 22.3 Å². The first-order valence-corrected chi connectivity index (χ1v) is 18.9. The van der Waals surface area contributed by atoms with Crippen LogP contribution >= 0.6 is 11.8 Å². The fraction of sp³-hybridized carbons (Fsp3) is 0.0204. The van der Waals surface area contributed by atoms with Gasteiger partial charge >= 0.3 is 0 Å². The van der Waals surface area contributed by atoms with Crippen molar-refractivity contribution < 1.29 is 0 Å². The van der Waals surface area contributed by atoms with E-state index in [0.717, 1.165) is 22.1 Å². The maximum absolute atomic E-state index is 5.15. The van der Waals surface area contributed by atoms with Crippen LogP contribution in [0.3, 0.4) is 0 Å². The van der Waals surface area contributed by atoms with Gasteiger partial charge in [0.25, 0.3) is 0 Å². The molecular formula is C49H30N4S. The Balaban J connectivity index is 1.19. The molecule has 1 aliphatic carbocycles. The molecule has 0 saturated carbocycles. The quantitative estimate of drug-likeness (QED) is 0.182. The normalized spacial score (nSPS) is 13.3. The second-order valence-electron chi connectivity index (χ2n) is 13.8. The second kappa shape index (κ2) is 12.2. The molecule has 7 aromatic carbocycles. The molecule has 0 saturated heterocycles. The SMILES string of the molecule is c1ccc(-c2nc(-c3ccccc3)nc(-c3ccc4c(c3)C3(c5ccccc5Sc5ccccc53)c3cc(-c5cccc6cnccc56)ccc3-4)n2)cc1. The maximum atomic E-state index is 5.15. The van der Waals surface area contributed by atoms with Gasteiger partial charge in [-0.1, -0.05) is 151 Å². The van der Waals surface area contributed by atoms with E-state index >= 15 is 0 Å². The van der Waals surface area contributed by atoms with Crippen LogP contribution in [0.25, 0.3) is 67.2 Å². The van der Waals surface area contributed by atoms with Crippen molar-refractivity contribution in [2.45, 2.75) is 15.2 Å². The topological polar surface area (TPSA) is 51.6 Å². The Morgan fingerprint density at radius 2 is 0.926 bits per heavy atom. The largest absolute Gasteiger partial charge is 0.264 e. The monoisotopic (exact) mass is 706 g/mol. The van der Waals surface area contributed by atoms with E-state index < -0.39 is 5.41 Å². The molecule has 0 radical (unpaired) electrons. The summed E-state index contributed by atoms with van der Waals surface area (Å²) in [6, 6.07) is 60.7. The predicted molar refractivity (Wildman–Crippen MR) is 218 cm³/mol. The Kier molecular flexibility index (Phi) is 6.97. The molecule has 0 N–H and O–H groups in total. The molecule has 1 aliphatic heterocycles. The highest BCUT2D eigenvalue weighted by Crippen LogP contribution is 2.63. The van der Waals surface area contributed by atoms with Gasteiger partial charge in [0.2, 0.25) is 0 Å². The highest BCUT2D eigenvalue weighted by atomic mass is 32.2. The number of hydrogen-bond donors (Lipinski definition) is 0. The summed E-state index contributed by atoms with van der Waals surface area (Å²) in [5.74, 6) is 1.95. The fourth-order valence-electron chi connectivity index (χ4n) is 8.52. The first kappa shape index (κ1) is 30.9. The molecule has 3 heterocycles. The Morgan fingerprint density at radius 3 is 1.56 bits per heavy atom. The Labute approximate surface area is 317 Å². The van der Waals surface area contributed by atoms with Gasteiger partial charge < -0.3 is 0 Å². The number of rotatable bonds is 4. The van der Waals surface area contributed by atoms with Crippen molar-refractivity contribution in [2.75, 3.05) is 0 Å². The minimum Gasteiger partial charge on any atom is -0.264 e. The minimum atomic E-state index is -0.571. The summed E-state index contributed by atoms with van der Waals surface area (Å²) in [5.41, 5.74) is 12.2. The Bertz CT molecular complexity index is 2810. The molecule has 2 aliphatic rings. The maximum Gasteiger partial charge on any atom is 0.164 e. The molecule has 252 valence electrons. The van der Waals surface area contributed by atoms with Crippen LogP contribution in [0.4, 0.5) is 0 Å². The average Bonchev–Trinajstić information content (AvgIpc) is 3.53. The lowest BCUT2D eigenvalue weighted by molar-refractivity contribution is 0.722. The second-order valence-corrected chi connectivity index (χ2v) is 14.9. The van der Waals surface area contributed by atoms with Gasteiger partial charge in [-0.3, -0.25) is 4.98 Å². The van der Waals surface area contributed by atoms with Crippen molar-refractivity contribution in [3.63, 3.8) is 0 Å². The zero-order valence-electron chi connectivity index (χ0n) is 29.0. The van der Waals surface area contributed by atoms with Crippen LogP contribution in [-0.2, 0) is 5.41 Å². The first-order chi connectivity index (χ1) is 26.8. The molecule has 11 rings (SSSR count). The van der Waals surface area contributed by atoms with E-state index in [1.54, 1.807) is 0 Å². The smallest absolute Gasteiger partial charge is 0.164 e. The lowest BCUT2D eigenvalue weighted by atomic mass is 9.67. The van der Waals surface area contributed by atoms with Gasteiger partial charge in [0.15, 0.2) is 17.5 Å². The van der Waals surface area contributed by atoms with E-state index in [-0.39, 0.29) is 0 Å². The third-order valence-corrected chi connectivity index (χ3v) is 12.0. The summed E-state index contributed by atoms with van der Waals surface area (Å²) < 4.78 is 0. The summed E-state index contributed by atoms with van der Waals surface area (Å²) in [6.07, 6.45) is 3.83. The van der Waals surface area contributed by atoms with Crippen molar-refractivity contribution in [3.8, 4) is 56.4 Å². The van der Waals surface area contributed by atoms with Gasteiger partial charge in [0, 0.05) is 44.3 Å². The van der Waals surface area contributed by atoms with Crippen LogP contribution in [0.2, 0.25) is 0 Å². The van der Waals surface area contributed by atoms with Gasteiger partial charge in [-0.05, 0) is 80.2 Å². The Hall–Kier alpha value is -6.69. The van der Waals surface area contributed by atoms with E-state index in [1.165, 1.54) is 59.7 Å². The van der Waals surface area contributed by atoms with Crippen molar-refractivity contribution in [1.29, 1.82) is 0 Å². The lowest BCUT2D eigenvalue weighted by Gasteiger charge is -2.39. The van der Waals surface area contributed by atoms with Crippen LogP contribution in [0.5, 0.6) is 0 Å². The van der Waals surface area contributed by atoms with Crippen LogP contribution in [0, 0.1) is 0 Å². The summed E-state index contributed by atoms with van der Waals surface area (Å²) in [6.45, 7) is 0. The molecule has 0 unspecified atom stereocenters. The molecule has 0 fully saturated rings. The van der Waals surface area contributed by atoms with Gasteiger partial charge in [-0.2, -0.15) is 0 Å². The van der Waals surface area contributed by atoms with Gasteiger partial charge in [0.05, 0.1) is 5.41 Å². The number of pyridine rings is 1. The molecule has 9 aromatic rings. The van der Waals surface area contributed by atoms with Gasteiger partial charge in [0.1, 0.15) is 0 Å². The van der Waals surface area contributed by atoms with E-state index in [9.17, 15) is 0 Å². The highest BCUT2D eigenvalue weighted by molar-refractivity contribution is 7.99. The summed E-state index contributed by atoms with van der Waals surface area (Å²) in [4.78, 5) is 22.2. The molecule has 5 heteroatoms. The van der Waals surface area contributed by atoms with E-state index in [1.807, 2.05) is 60.6 Å². The molecule has 54 heavy (non-hydrogen) atoms. The van der Waals surface area contributed by atoms with Crippen LogP contribution < -0.4 is 0 Å². The number of fused-ring (bicyclic) bond motifs is 10. The Morgan fingerprint density at radius 1 is 0.389 bits per heavy atom. The van der Waals surface area contributed by atoms with Crippen LogP contribution in [-0.4, -0.2) is 19.9 Å². The number of hydrogen-bond acceptors (Lipinski definition) is 5. The number of aromatic nitrogens is 4. The fourth-order valence-corrected chi connectivity index (χ4v) is 9.71. The van der Waals surface area contributed by atoms with Crippen molar-refractivity contribution in [1.82, 2.24) is 19.9 Å². The highest BCUT2D eigenvalue weighted by Gasteiger charge is 2.50. The molecule has 2 aromatic heterocycles. The number of nitrogens with zero attached hydrogens (tertiary/aromatic N) is 4. The summed E-state index contributed by atoms with van der Waals surface area (Å²) >= 11 is 1.85. The van der Waals surface area contributed by atoms with Crippen molar-refractivity contribution in [3.05, 3.63) is 205 Å². The van der Waals surface area contributed by atoms with Gasteiger partial charge in [-0.25, -0.2) is 15.0 Å². The van der Waals surface area contributed by atoms with E-state index in [4.69, 9.17) is 15.0 Å². The first-order valence-electron chi connectivity index (χ1n) is 18.1. The third kappa shape index (κ3) is 4.65. The van der Waals surface area contributed by atoms with E-state index in [0.29, 0.717) is 17.5 Å². The van der Waals surface area contributed by atoms with Gasteiger partial charge in [-0.15, -0.1) is 0 Å². The summed E-state index contributed by atoms with van der Waals surface area (Å²) in [5, 5.41) is 2.32. The lowest BCUT2D eigenvalue weighted by Crippen LogP contribution is -2.32. The minimum absolute atomic E-state index is 0.571. The summed E-state index contributed by atoms with van der Waals surface area (Å²) in [7, 11) is 0. The molecule has 4 nitrogen and oxygen atoms in total. The third-order valence-electron chi connectivity index (χ3n) is 10.9. The zero-order valence-corrected chi connectivity index (χ0v) is 29.8. The molecule has 0 amide bonds. The van der Waals surface area contributed by atoms with Crippen LogP contribution in [0.15, 0.2) is 192 Å². The molecular weight excluding hydrogens is 677 g/mol.